The second-order valence-corrected chi connectivity index (χ2v) is 4.36. The lowest BCUT2D eigenvalue weighted by atomic mass is 10.1. The van der Waals surface area contributed by atoms with E-state index in [0.717, 1.165) is 18.4 Å². The Morgan fingerprint density at radius 1 is 1.31 bits per heavy atom. The summed E-state index contributed by atoms with van der Waals surface area (Å²) in [4.78, 5) is 10.9. The lowest BCUT2D eigenvalue weighted by Gasteiger charge is -2.14. The molecule has 16 heavy (non-hydrogen) atoms. The molecule has 0 atom stereocenters. The molecule has 0 unspecified atom stereocenters. The quantitative estimate of drug-likeness (QED) is 0.851. The van der Waals surface area contributed by atoms with E-state index in [-0.39, 0.29) is 6.10 Å². The van der Waals surface area contributed by atoms with Gasteiger partial charge in [-0.1, -0.05) is 0 Å². The highest BCUT2D eigenvalue weighted by Gasteiger charge is 2.17. The highest BCUT2D eigenvalue weighted by Crippen LogP contribution is 2.25. The standard InChI is InChI=1S/C13H16O3/c1-9-6-10(13(14)15)8-12(7-9)16-11-4-2-3-5-11/h6-8,11H,2-5H2,1H3,(H,14,15). The Hall–Kier alpha value is -1.51. The number of carboxylic acids is 1. The van der Waals surface area contributed by atoms with Crippen LogP contribution in [0.5, 0.6) is 5.75 Å². The molecule has 0 heterocycles. The van der Waals surface area contributed by atoms with E-state index in [1.54, 1.807) is 12.1 Å². The molecular weight excluding hydrogens is 204 g/mol. The third-order valence-corrected chi connectivity index (χ3v) is 2.90. The Morgan fingerprint density at radius 2 is 2.00 bits per heavy atom. The fraction of sp³-hybridized carbons (Fsp3) is 0.462. The molecule has 1 N–H and O–H groups in total. The van der Waals surface area contributed by atoms with Crippen LogP contribution in [0, 0.1) is 6.92 Å². The zero-order valence-electron chi connectivity index (χ0n) is 9.40. The molecule has 1 aromatic rings. The van der Waals surface area contributed by atoms with E-state index >= 15 is 0 Å². The van der Waals surface area contributed by atoms with E-state index in [9.17, 15) is 4.79 Å². The summed E-state index contributed by atoms with van der Waals surface area (Å²) in [7, 11) is 0. The van der Waals surface area contributed by atoms with Gasteiger partial charge in [0.05, 0.1) is 11.7 Å². The Bertz CT molecular complexity index is 392. The van der Waals surface area contributed by atoms with E-state index in [1.807, 2.05) is 13.0 Å². The number of carboxylic acid groups (broad SMARTS) is 1. The van der Waals surface area contributed by atoms with Gasteiger partial charge in [0.25, 0.3) is 0 Å². The van der Waals surface area contributed by atoms with Gasteiger partial charge < -0.3 is 9.84 Å². The summed E-state index contributed by atoms with van der Waals surface area (Å²) < 4.78 is 5.78. The molecule has 1 fully saturated rings. The molecule has 1 aromatic carbocycles. The van der Waals surface area contributed by atoms with Crippen LogP contribution in [-0.2, 0) is 0 Å². The first-order valence-electron chi connectivity index (χ1n) is 5.67. The Kier molecular flexibility index (Phi) is 3.13. The summed E-state index contributed by atoms with van der Waals surface area (Å²) in [6.07, 6.45) is 4.85. The first kappa shape index (κ1) is 11.0. The predicted molar refractivity (Wildman–Crippen MR) is 61.0 cm³/mol. The maximum Gasteiger partial charge on any atom is 0.335 e. The van der Waals surface area contributed by atoms with Crippen molar-refractivity contribution >= 4 is 5.97 Å². The molecule has 0 bridgehead atoms. The second kappa shape index (κ2) is 4.56. The van der Waals surface area contributed by atoms with Crippen molar-refractivity contribution in [2.75, 3.05) is 0 Å². The van der Waals surface area contributed by atoms with Gasteiger partial charge in [-0.2, -0.15) is 0 Å². The van der Waals surface area contributed by atoms with Crippen LogP contribution in [0.15, 0.2) is 18.2 Å². The molecule has 0 amide bonds. The monoisotopic (exact) mass is 220 g/mol. The zero-order chi connectivity index (χ0) is 11.5. The third-order valence-electron chi connectivity index (χ3n) is 2.90. The maximum atomic E-state index is 10.9. The lowest BCUT2D eigenvalue weighted by Crippen LogP contribution is -2.11. The average molecular weight is 220 g/mol. The molecular formula is C13H16O3. The fourth-order valence-corrected chi connectivity index (χ4v) is 2.14. The Morgan fingerprint density at radius 3 is 2.62 bits per heavy atom. The van der Waals surface area contributed by atoms with Crippen LogP contribution >= 0.6 is 0 Å². The number of ether oxygens (including phenoxy) is 1. The molecule has 0 saturated heterocycles. The van der Waals surface area contributed by atoms with Gasteiger partial charge in [0.2, 0.25) is 0 Å². The summed E-state index contributed by atoms with van der Waals surface area (Å²) in [5.41, 5.74) is 1.22. The van der Waals surface area contributed by atoms with Crippen molar-refractivity contribution in [1.29, 1.82) is 0 Å². The van der Waals surface area contributed by atoms with E-state index in [0.29, 0.717) is 11.3 Å². The summed E-state index contributed by atoms with van der Waals surface area (Å²) in [5, 5.41) is 8.94. The van der Waals surface area contributed by atoms with Gasteiger partial charge in [0.15, 0.2) is 0 Å². The molecule has 2 rings (SSSR count). The first-order valence-corrected chi connectivity index (χ1v) is 5.67. The molecule has 3 heteroatoms. The molecule has 1 aliphatic carbocycles. The smallest absolute Gasteiger partial charge is 0.335 e. The number of aromatic carboxylic acids is 1. The highest BCUT2D eigenvalue weighted by molar-refractivity contribution is 5.88. The second-order valence-electron chi connectivity index (χ2n) is 4.36. The van der Waals surface area contributed by atoms with Crippen LogP contribution in [0.25, 0.3) is 0 Å². The number of rotatable bonds is 3. The Balaban J connectivity index is 2.16. The van der Waals surface area contributed by atoms with Crippen LogP contribution in [0.2, 0.25) is 0 Å². The summed E-state index contributed by atoms with van der Waals surface area (Å²) in [6, 6.07) is 5.16. The predicted octanol–water partition coefficient (Wildman–Crippen LogP) is 3.01. The van der Waals surface area contributed by atoms with Crippen molar-refractivity contribution in [1.82, 2.24) is 0 Å². The molecule has 3 nitrogen and oxygen atoms in total. The van der Waals surface area contributed by atoms with E-state index in [4.69, 9.17) is 9.84 Å². The zero-order valence-corrected chi connectivity index (χ0v) is 9.40. The summed E-state index contributed by atoms with van der Waals surface area (Å²) >= 11 is 0. The Labute approximate surface area is 95.0 Å². The average Bonchev–Trinajstić information content (AvgIpc) is 2.69. The number of hydrogen-bond donors (Lipinski definition) is 1. The van der Waals surface area contributed by atoms with Crippen molar-refractivity contribution in [3.63, 3.8) is 0 Å². The van der Waals surface area contributed by atoms with Gasteiger partial charge in [-0.05, 0) is 56.4 Å². The van der Waals surface area contributed by atoms with Gasteiger partial charge in [0, 0.05) is 0 Å². The summed E-state index contributed by atoms with van der Waals surface area (Å²) in [5.74, 6) is -0.218. The minimum atomic E-state index is -0.903. The molecule has 0 spiro atoms. The number of benzene rings is 1. The van der Waals surface area contributed by atoms with Crippen molar-refractivity contribution in [2.24, 2.45) is 0 Å². The maximum absolute atomic E-state index is 10.9. The lowest BCUT2D eigenvalue weighted by molar-refractivity contribution is 0.0696. The van der Waals surface area contributed by atoms with Gasteiger partial charge in [0.1, 0.15) is 5.75 Å². The number of carbonyl (C=O) groups is 1. The van der Waals surface area contributed by atoms with E-state index in [2.05, 4.69) is 0 Å². The molecule has 86 valence electrons. The number of aryl methyl sites for hydroxylation is 1. The van der Waals surface area contributed by atoms with Crippen molar-refractivity contribution in [2.45, 2.75) is 38.7 Å². The molecule has 1 saturated carbocycles. The largest absolute Gasteiger partial charge is 0.490 e. The normalized spacial score (nSPS) is 16.3. The van der Waals surface area contributed by atoms with Gasteiger partial charge in [-0.3, -0.25) is 0 Å². The van der Waals surface area contributed by atoms with Crippen LogP contribution < -0.4 is 4.74 Å². The minimum absolute atomic E-state index is 0.267. The van der Waals surface area contributed by atoms with Crippen LogP contribution in [0.4, 0.5) is 0 Å². The van der Waals surface area contributed by atoms with Crippen molar-refractivity contribution in [3.05, 3.63) is 29.3 Å². The van der Waals surface area contributed by atoms with Gasteiger partial charge >= 0.3 is 5.97 Å². The third kappa shape index (κ3) is 2.54. The number of hydrogen-bond acceptors (Lipinski definition) is 2. The topological polar surface area (TPSA) is 46.5 Å². The van der Waals surface area contributed by atoms with Crippen molar-refractivity contribution in [3.8, 4) is 5.75 Å². The van der Waals surface area contributed by atoms with Crippen molar-refractivity contribution < 1.29 is 14.6 Å². The minimum Gasteiger partial charge on any atom is -0.490 e. The summed E-state index contributed by atoms with van der Waals surface area (Å²) in [6.45, 7) is 1.88. The van der Waals surface area contributed by atoms with Gasteiger partial charge in [-0.25, -0.2) is 4.79 Å². The van der Waals surface area contributed by atoms with E-state index in [1.165, 1.54) is 12.8 Å². The first-order chi connectivity index (χ1) is 7.65. The molecule has 0 aliphatic heterocycles. The van der Waals surface area contributed by atoms with Crippen LogP contribution in [0.1, 0.15) is 41.6 Å². The molecule has 0 aromatic heterocycles. The van der Waals surface area contributed by atoms with E-state index < -0.39 is 5.97 Å². The van der Waals surface area contributed by atoms with Crippen LogP contribution in [0.3, 0.4) is 0 Å². The van der Waals surface area contributed by atoms with Gasteiger partial charge in [-0.15, -0.1) is 0 Å². The SMILES string of the molecule is Cc1cc(OC2CCCC2)cc(C(=O)O)c1. The molecule has 0 radical (unpaired) electrons. The molecule has 1 aliphatic rings. The highest BCUT2D eigenvalue weighted by atomic mass is 16.5. The fourth-order valence-electron chi connectivity index (χ4n) is 2.14. The van der Waals surface area contributed by atoms with Crippen LogP contribution in [-0.4, -0.2) is 17.2 Å².